The number of carbonyl (C=O) groups is 1. The predicted molar refractivity (Wildman–Crippen MR) is 96.0 cm³/mol. The number of piperidine rings is 1. The van der Waals surface area contributed by atoms with Crippen LogP contribution >= 0.6 is 0 Å². The van der Waals surface area contributed by atoms with Crippen molar-refractivity contribution in [1.82, 2.24) is 29.5 Å². The fourth-order valence-corrected chi connectivity index (χ4v) is 4.38. The van der Waals surface area contributed by atoms with Gasteiger partial charge in [-0.3, -0.25) is 9.78 Å². The molecule has 1 saturated heterocycles. The van der Waals surface area contributed by atoms with E-state index in [-0.39, 0.29) is 16.7 Å². The summed E-state index contributed by atoms with van der Waals surface area (Å²) in [5.41, 5.74) is 1.10. The van der Waals surface area contributed by atoms with E-state index >= 15 is 0 Å². The second kappa shape index (κ2) is 6.69. The van der Waals surface area contributed by atoms with Crippen molar-refractivity contribution >= 4 is 21.5 Å². The highest BCUT2D eigenvalue weighted by Crippen LogP contribution is 2.31. The number of carbonyl (C=O) groups excluding carboxylic acids is 1. The Labute approximate surface area is 156 Å². The Balaban J connectivity index is 1.73. The molecule has 3 aromatic rings. The van der Waals surface area contributed by atoms with E-state index in [0.717, 1.165) is 19.1 Å². The lowest BCUT2D eigenvalue weighted by molar-refractivity contribution is 0.0704. The van der Waals surface area contributed by atoms with E-state index in [9.17, 15) is 13.2 Å². The Morgan fingerprint density at radius 2 is 2.00 bits per heavy atom. The molecule has 0 spiro atoms. The van der Waals surface area contributed by atoms with Crippen LogP contribution in [-0.4, -0.2) is 63.1 Å². The van der Waals surface area contributed by atoms with Gasteiger partial charge in [0.15, 0.2) is 9.84 Å². The SMILES string of the molecule is CS(=O)(=O)c1cnc2ncnn2c1[C@@H]1CCCN(C(=O)c2ccncc2)C1. The first-order chi connectivity index (χ1) is 12.9. The molecule has 0 aliphatic carbocycles. The van der Waals surface area contributed by atoms with Crippen molar-refractivity contribution in [3.8, 4) is 0 Å². The van der Waals surface area contributed by atoms with Crippen LogP contribution in [0.5, 0.6) is 0 Å². The minimum atomic E-state index is -3.50. The van der Waals surface area contributed by atoms with E-state index in [1.165, 1.54) is 17.0 Å². The lowest BCUT2D eigenvalue weighted by Gasteiger charge is -2.33. The molecule has 1 atom stereocenters. The number of pyridine rings is 1. The van der Waals surface area contributed by atoms with Gasteiger partial charge in [-0.15, -0.1) is 0 Å². The third kappa shape index (κ3) is 3.27. The van der Waals surface area contributed by atoms with Crippen LogP contribution in [0, 0.1) is 0 Å². The van der Waals surface area contributed by atoms with Gasteiger partial charge >= 0.3 is 0 Å². The number of hydrogen-bond donors (Lipinski definition) is 0. The summed E-state index contributed by atoms with van der Waals surface area (Å²) in [5.74, 6) is 0.0725. The Morgan fingerprint density at radius 3 is 2.74 bits per heavy atom. The van der Waals surface area contributed by atoms with Crippen LogP contribution in [0.4, 0.5) is 0 Å². The minimum absolute atomic E-state index is 0.0908. The zero-order chi connectivity index (χ0) is 19.0. The van der Waals surface area contributed by atoms with Crippen LogP contribution in [0.1, 0.15) is 34.8 Å². The maximum atomic E-state index is 12.8. The lowest BCUT2D eigenvalue weighted by atomic mass is 9.94. The van der Waals surface area contributed by atoms with Gasteiger partial charge < -0.3 is 4.90 Å². The van der Waals surface area contributed by atoms with Crippen LogP contribution in [-0.2, 0) is 9.84 Å². The summed E-state index contributed by atoms with van der Waals surface area (Å²) in [4.78, 5) is 26.8. The molecular weight excluding hydrogens is 368 g/mol. The highest BCUT2D eigenvalue weighted by Gasteiger charge is 2.31. The van der Waals surface area contributed by atoms with E-state index < -0.39 is 9.84 Å². The second-order valence-electron chi connectivity index (χ2n) is 6.58. The van der Waals surface area contributed by atoms with Crippen LogP contribution in [0.15, 0.2) is 41.9 Å². The Bertz CT molecular complexity index is 1100. The van der Waals surface area contributed by atoms with Crippen molar-refractivity contribution in [3.05, 3.63) is 48.3 Å². The van der Waals surface area contributed by atoms with Gasteiger partial charge in [-0.05, 0) is 25.0 Å². The highest BCUT2D eigenvalue weighted by atomic mass is 32.2. The summed E-state index contributed by atoms with van der Waals surface area (Å²) < 4.78 is 26.1. The first kappa shape index (κ1) is 17.5. The van der Waals surface area contributed by atoms with Gasteiger partial charge in [0.05, 0.1) is 11.9 Å². The van der Waals surface area contributed by atoms with Crippen molar-refractivity contribution < 1.29 is 13.2 Å². The van der Waals surface area contributed by atoms with E-state index in [2.05, 4.69) is 20.1 Å². The third-order valence-corrected chi connectivity index (χ3v) is 5.84. The number of amides is 1. The summed E-state index contributed by atoms with van der Waals surface area (Å²) in [7, 11) is -3.50. The number of likely N-dealkylation sites (tertiary alicyclic amines) is 1. The molecule has 1 amide bonds. The Kier molecular flexibility index (Phi) is 4.34. The fraction of sp³-hybridized carbons (Fsp3) is 0.353. The molecule has 0 bridgehead atoms. The number of nitrogens with zero attached hydrogens (tertiary/aromatic N) is 6. The van der Waals surface area contributed by atoms with Gasteiger partial charge in [0.1, 0.15) is 11.2 Å². The number of aromatic nitrogens is 5. The minimum Gasteiger partial charge on any atom is -0.338 e. The molecule has 4 rings (SSSR count). The zero-order valence-electron chi connectivity index (χ0n) is 14.7. The molecule has 1 aliphatic heterocycles. The van der Waals surface area contributed by atoms with Crippen LogP contribution < -0.4 is 0 Å². The molecule has 0 saturated carbocycles. The molecular formula is C17H18N6O3S. The molecule has 140 valence electrons. The zero-order valence-corrected chi connectivity index (χ0v) is 15.5. The lowest BCUT2D eigenvalue weighted by Crippen LogP contribution is -2.40. The van der Waals surface area contributed by atoms with Gasteiger partial charge in [0.2, 0.25) is 0 Å². The van der Waals surface area contributed by atoms with Crippen LogP contribution in [0.2, 0.25) is 0 Å². The molecule has 4 heterocycles. The van der Waals surface area contributed by atoms with Crippen LogP contribution in [0.3, 0.4) is 0 Å². The van der Waals surface area contributed by atoms with Crippen molar-refractivity contribution in [3.63, 3.8) is 0 Å². The highest BCUT2D eigenvalue weighted by molar-refractivity contribution is 7.90. The standard InChI is InChI=1S/C17H18N6O3S/c1-27(25,26)14-9-19-17-20-11-21-23(17)15(14)13-3-2-8-22(10-13)16(24)12-4-6-18-7-5-12/h4-7,9,11,13H,2-3,8,10H2,1H3/t13-/m1/s1. The molecule has 0 aromatic carbocycles. The molecule has 0 unspecified atom stereocenters. The first-order valence-electron chi connectivity index (χ1n) is 8.53. The number of rotatable bonds is 3. The normalized spacial score (nSPS) is 18.0. The van der Waals surface area contributed by atoms with Crippen molar-refractivity contribution in [2.75, 3.05) is 19.3 Å². The third-order valence-electron chi connectivity index (χ3n) is 4.73. The van der Waals surface area contributed by atoms with E-state index in [1.807, 2.05) is 0 Å². The fourth-order valence-electron chi connectivity index (χ4n) is 3.50. The molecule has 10 heteroatoms. The number of fused-ring (bicyclic) bond motifs is 1. The quantitative estimate of drug-likeness (QED) is 0.659. The Hall–Kier alpha value is -2.88. The van der Waals surface area contributed by atoms with E-state index in [1.54, 1.807) is 29.4 Å². The average molecular weight is 386 g/mol. The number of sulfone groups is 1. The summed E-state index contributed by atoms with van der Waals surface area (Å²) >= 11 is 0. The van der Waals surface area contributed by atoms with Crippen molar-refractivity contribution in [2.24, 2.45) is 0 Å². The molecule has 27 heavy (non-hydrogen) atoms. The second-order valence-corrected chi connectivity index (χ2v) is 8.56. The van der Waals surface area contributed by atoms with Crippen LogP contribution in [0.25, 0.3) is 5.78 Å². The van der Waals surface area contributed by atoms with E-state index in [4.69, 9.17) is 0 Å². The molecule has 9 nitrogen and oxygen atoms in total. The Morgan fingerprint density at radius 1 is 1.22 bits per heavy atom. The van der Waals surface area contributed by atoms with Gasteiger partial charge in [-0.2, -0.15) is 14.6 Å². The van der Waals surface area contributed by atoms with Crippen molar-refractivity contribution in [2.45, 2.75) is 23.7 Å². The topological polar surface area (TPSA) is 110 Å². The summed E-state index contributed by atoms with van der Waals surface area (Å²) in [5, 5.41) is 4.16. The van der Waals surface area contributed by atoms with Crippen molar-refractivity contribution in [1.29, 1.82) is 0 Å². The summed E-state index contributed by atoms with van der Waals surface area (Å²) in [6, 6.07) is 3.35. The molecule has 0 N–H and O–H groups in total. The first-order valence-corrected chi connectivity index (χ1v) is 10.4. The molecule has 1 fully saturated rings. The van der Waals surface area contributed by atoms with Gasteiger partial charge in [-0.1, -0.05) is 0 Å². The maximum absolute atomic E-state index is 12.8. The summed E-state index contributed by atoms with van der Waals surface area (Å²) in [6.45, 7) is 1.03. The maximum Gasteiger partial charge on any atom is 0.253 e. The summed E-state index contributed by atoms with van der Waals surface area (Å²) in [6.07, 6.45) is 8.51. The molecule has 3 aromatic heterocycles. The van der Waals surface area contributed by atoms with Gasteiger partial charge in [0, 0.05) is 43.2 Å². The average Bonchev–Trinajstić information content (AvgIpc) is 3.15. The predicted octanol–water partition coefficient (Wildman–Crippen LogP) is 0.943. The number of hydrogen-bond acceptors (Lipinski definition) is 7. The van der Waals surface area contributed by atoms with E-state index in [0.29, 0.717) is 30.1 Å². The van der Waals surface area contributed by atoms with Gasteiger partial charge in [-0.25, -0.2) is 13.4 Å². The smallest absolute Gasteiger partial charge is 0.253 e. The largest absolute Gasteiger partial charge is 0.338 e. The monoisotopic (exact) mass is 386 g/mol. The molecule has 1 aliphatic rings. The molecule has 0 radical (unpaired) electrons. The van der Waals surface area contributed by atoms with Gasteiger partial charge in [0.25, 0.3) is 11.7 Å².